The zero-order valence-corrected chi connectivity index (χ0v) is 16.4. The molecule has 1 aliphatic rings. The lowest BCUT2D eigenvalue weighted by atomic mass is 10.1. The first-order valence-electron chi connectivity index (χ1n) is 9.58. The van der Waals surface area contributed by atoms with Crippen LogP contribution in [0, 0.1) is 5.92 Å². The van der Waals surface area contributed by atoms with Crippen LogP contribution in [0.1, 0.15) is 52.7 Å². The Hall–Kier alpha value is -1.82. The number of rotatable bonds is 9. The number of hydrogen-bond donors (Lipinski definition) is 0. The summed E-state index contributed by atoms with van der Waals surface area (Å²) in [4.78, 5) is 29.0. The van der Waals surface area contributed by atoms with E-state index in [1.807, 2.05) is 39.8 Å². The van der Waals surface area contributed by atoms with Crippen LogP contribution < -0.4 is 0 Å². The fourth-order valence-electron chi connectivity index (χ4n) is 3.15. The monoisotopic (exact) mass is 364 g/mol. The molecule has 0 aliphatic carbocycles. The standard InChI is InChI=1S/C20H32N2O4/c1-15(2)11-19(23)22(16(3)4)14-20(24)21(12-17-7-5-9-25-17)13-18-8-6-10-26-18/h5,7,9,15-16,18H,6,8,10-14H2,1-4H3. The molecule has 0 saturated carbocycles. The van der Waals surface area contributed by atoms with Crippen molar-refractivity contribution in [3.8, 4) is 0 Å². The van der Waals surface area contributed by atoms with Crippen molar-refractivity contribution < 1.29 is 18.7 Å². The molecule has 26 heavy (non-hydrogen) atoms. The van der Waals surface area contributed by atoms with Crippen LogP contribution in [0.4, 0.5) is 0 Å². The van der Waals surface area contributed by atoms with Crippen LogP contribution >= 0.6 is 0 Å². The largest absolute Gasteiger partial charge is 0.467 e. The van der Waals surface area contributed by atoms with Crippen molar-refractivity contribution in [2.45, 2.75) is 65.6 Å². The van der Waals surface area contributed by atoms with Crippen LogP contribution in [0.25, 0.3) is 0 Å². The van der Waals surface area contributed by atoms with Gasteiger partial charge in [0.2, 0.25) is 11.8 Å². The van der Waals surface area contributed by atoms with Gasteiger partial charge in [0, 0.05) is 25.6 Å². The zero-order chi connectivity index (χ0) is 19.1. The summed E-state index contributed by atoms with van der Waals surface area (Å²) in [5.41, 5.74) is 0. The number of carbonyl (C=O) groups is 2. The van der Waals surface area contributed by atoms with Gasteiger partial charge in [0.15, 0.2) is 0 Å². The first-order chi connectivity index (χ1) is 12.4. The fourth-order valence-corrected chi connectivity index (χ4v) is 3.15. The maximum atomic E-state index is 13.0. The predicted molar refractivity (Wildman–Crippen MR) is 99.4 cm³/mol. The number of nitrogens with zero attached hydrogens (tertiary/aromatic N) is 2. The van der Waals surface area contributed by atoms with Gasteiger partial charge in [-0.15, -0.1) is 0 Å². The predicted octanol–water partition coefficient (Wildman–Crippen LogP) is 3.07. The third kappa shape index (κ3) is 6.16. The van der Waals surface area contributed by atoms with Gasteiger partial charge in [-0.3, -0.25) is 9.59 Å². The Balaban J connectivity index is 2.05. The van der Waals surface area contributed by atoms with Crippen molar-refractivity contribution >= 4 is 11.8 Å². The lowest BCUT2D eigenvalue weighted by Crippen LogP contribution is -2.47. The highest BCUT2D eigenvalue weighted by atomic mass is 16.5. The van der Waals surface area contributed by atoms with Crippen LogP contribution in [0.3, 0.4) is 0 Å². The summed E-state index contributed by atoms with van der Waals surface area (Å²) in [5.74, 6) is 0.965. The molecule has 0 bridgehead atoms. The van der Waals surface area contributed by atoms with Gasteiger partial charge in [-0.2, -0.15) is 0 Å². The molecule has 0 aromatic carbocycles. The van der Waals surface area contributed by atoms with E-state index in [1.54, 1.807) is 16.1 Å². The SMILES string of the molecule is CC(C)CC(=O)N(CC(=O)N(Cc1ccco1)CC1CCCO1)C(C)C. The van der Waals surface area contributed by atoms with Gasteiger partial charge < -0.3 is 19.0 Å². The van der Waals surface area contributed by atoms with E-state index < -0.39 is 0 Å². The van der Waals surface area contributed by atoms with Gasteiger partial charge in [-0.25, -0.2) is 0 Å². The number of hydrogen-bond acceptors (Lipinski definition) is 4. The summed E-state index contributed by atoms with van der Waals surface area (Å²) in [6.45, 7) is 9.69. The Bertz CT molecular complexity index is 562. The first-order valence-corrected chi connectivity index (χ1v) is 9.58. The number of ether oxygens (including phenoxy) is 1. The summed E-state index contributed by atoms with van der Waals surface area (Å²) in [7, 11) is 0. The van der Waals surface area contributed by atoms with Gasteiger partial charge in [-0.1, -0.05) is 13.8 Å². The molecule has 6 nitrogen and oxygen atoms in total. The summed E-state index contributed by atoms with van der Waals surface area (Å²) in [6.07, 6.45) is 4.11. The molecular formula is C20H32N2O4. The van der Waals surface area contributed by atoms with Crippen LogP contribution in [-0.2, 0) is 20.9 Å². The van der Waals surface area contributed by atoms with E-state index in [0.717, 1.165) is 25.2 Å². The molecule has 1 atom stereocenters. The van der Waals surface area contributed by atoms with Crippen molar-refractivity contribution in [2.75, 3.05) is 19.7 Å². The van der Waals surface area contributed by atoms with Crippen molar-refractivity contribution in [1.29, 1.82) is 0 Å². The molecule has 1 aliphatic heterocycles. The maximum Gasteiger partial charge on any atom is 0.242 e. The quantitative estimate of drug-likeness (QED) is 0.675. The lowest BCUT2D eigenvalue weighted by molar-refractivity contribution is -0.143. The Morgan fingerprint density at radius 3 is 2.54 bits per heavy atom. The van der Waals surface area contributed by atoms with Gasteiger partial charge in [0.25, 0.3) is 0 Å². The van der Waals surface area contributed by atoms with E-state index >= 15 is 0 Å². The molecule has 2 amide bonds. The minimum atomic E-state index is -0.0669. The zero-order valence-electron chi connectivity index (χ0n) is 16.4. The average Bonchev–Trinajstić information content (AvgIpc) is 3.24. The molecule has 1 saturated heterocycles. The smallest absolute Gasteiger partial charge is 0.242 e. The van der Waals surface area contributed by atoms with E-state index in [0.29, 0.717) is 19.5 Å². The third-order valence-corrected chi connectivity index (χ3v) is 4.56. The average molecular weight is 364 g/mol. The van der Waals surface area contributed by atoms with E-state index in [1.165, 1.54) is 0 Å². The van der Waals surface area contributed by atoms with Crippen molar-refractivity contribution in [3.05, 3.63) is 24.2 Å². The Morgan fingerprint density at radius 2 is 2.00 bits per heavy atom. The molecule has 6 heteroatoms. The molecule has 1 aromatic rings. The van der Waals surface area contributed by atoms with Gasteiger partial charge in [0.1, 0.15) is 5.76 Å². The van der Waals surface area contributed by atoms with Gasteiger partial charge in [-0.05, 0) is 44.7 Å². The number of furan rings is 1. The van der Waals surface area contributed by atoms with Crippen LogP contribution in [0.15, 0.2) is 22.8 Å². The summed E-state index contributed by atoms with van der Waals surface area (Å²) in [5, 5.41) is 0. The molecule has 0 spiro atoms. The van der Waals surface area contributed by atoms with Crippen LogP contribution in [0.5, 0.6) is 0 Å². The summed E-state index contributed by atoms with van der Waals surface area (Å²) in [6, 6.07) is 3.66. The van der Waals surface area contributed by atoms with Crippen LogP contribution in [-0.4, -0.2) is 53.5 Å². The second-order valence-electron chi connectivity index (χ2n) is 7.70. The minimum Gasteiger partial charge on any atom is -0.467 e. The molecular weight excluding hydrogens is 332 g/mol. The Labute approximate surface area is 156 Å². The highest BCUT2D eigenvalue weighted by Gasteiger charge is 2.27. The molecule has 0 N–H and O–H groups in total. The normalized spacial score (nSPS) is 17.1. The summed E-state index contributed by atoms with van der Waals surface area (Å²) < 4.78 is 11.1. The van der Waals surface area contributed by atoms with Crippen molar-refractivity contribution in [1.82, 2.24) is 9.80 Å². The fraction of sp³-hybridized carbons (Fsp3) is 0.700. The van der Waals surface area contributed by atoms with Gasteiger partial charge in [0.05, 0.1) is 25.5 Å². The Morgan fingerprint density at radius 1 is 1.23 bits per heavy atom. The molecule has 146 valence electrons. The highest BCUT2D eigenvalue weighted by Crippen LogP contribution is 2.16. The van der Waals surface area contributed by atoms with Crippen molar-refractivity contribution in [3.63, 3.8) is 0 Å². The topological polar surface area (TPSA) is 63.0 Å². The number of amides is 2. The molecule has 0 radical (unpaired) electrons. The number of carbonyl (C=O) groups excluding carboxylic acids is 2. The molecule has 1 fully saturated rings. The molecule has 2 rings (SSSR count). The second-order valence-corrected chi connectivity index (χ2v) is 7.70. The van der Waals surface area contributed by atoms with E-state index in [-0.39, 0.29) is 36.4 Å². The molecule has 1 aromatic heterocycles. The summed E-state index contributed by atoms with van der Waals surface area (Å²) >= 11 is 0. The van der Waals surface area contributed by atoms with Crippen LogP contribution in [0.2, 0.25) is 0 Å². The molecule has 2 heterocycles. The van der Waals surface area contributed by atoms with Crippen molar-refractivity contribution in [2.24, 2.45) is 5.92 Å². The van der Waals surface area contributed by atoms with Gasteiger partial charge >= 0.3 is 0 Å². The lowest BCUT2D eigenvalue weighted by Gasteiger charge is -2.31. The second kappa shape index (κ2) is 9.76. The third-order valence-electron chi connectivity index (χ3n) is 4.56. The van der Waals surface area contributed by atoms with E-state index in [4.69, 9.17) is 9.15 Å². The van der Waals surface area contributed by atoms with E-state index in [2.05, 4.69) is 0 Å². The Kier molecular flexibility index (Phi) is 7.69. The minimum absolute atomic E-state index is 0.0154. The highest BCUT2D eigenvalue weighted by molar-refractivity contribution is 5.85. The molecule has 1 unspecified atom stereocenters. The first kappa shape index (κ1) is 20.5. The maximum absolute atomic E-state index is 13.0. The van der Waals surface area contributed by atoms with E-state index in [9.17, 15) is 9.59 Å².